The molecule has 0 radical (unpaired) electrons. The lowest BCUT2D eigenvalue weighted by Crippen LogP contribution is -2.67. The molecule has 2 aliphatic rings. The van der Waals surface area contributed by atoms with Crippen LogP contribution in [-0.4, -0.2) is 40.7 Å². The van der Waals surface area contributed by atoms with Gasteiger partial charge in [-0.05, 0) is 42.0 Å². The van der Waals surface area contributed by atoms with Crippen molar-refractivity contribution in [3.63, 3.8) is 0 Å². The summed E-state index contributed by atoms with van der Waals surface area (Å²) in [6.07, 6.45) is 0. The first kappa shape index (κ1) is 22.5. The SMILES string of the molecule is COc1ccc(N2C(=O)C(N3C(=O)c4ccc([N+](=O)[O-])cc4C3=O)C2c2ccc(F)cc2)cc1Cl. The molecule has 176 valence electrons. The van der Waals surface area contributed by atoms with Gasteiger partial charge in [-0.2, -0.15) is 0 Å². The summed E-state index contributed by atoms with van der Waals surface area (Å²) in [5, 5.41) is 11.4. The van der Waals surface area contributed by atoms with Gasteiger partial charge in [0.2, 0.25) is 0 Å². The van der Waals surface area contributed by atoms with Crippen molar-refractivity contribution >= 4 is 40.7 Å². The predicted molar refractivity (Wildman–Crippen MR) is 122 cm³/mol. The Labute approximate surface area is 202 Å². The fraction of sp³-hybridized carbons (Fsp3) is 0.125. The molecule has 2 atom stereocenters. The highest BCUT2D eigenvalue weighted by Gasteiger charge is 2.57. The van der Waals surface area contributed by atoms with Gasteiger partial charge in [-0.3, -0.25) is 29.4 Å². The number of halogens is 2. The summed E-state index contributed by atoms with van der Waals surface area (Å²) >= 11 is 6.24. The van der Waals surface area contributed by atoms with Gasteiger partial charge in [-0.15, -0.1) is 0 Å². The number of hydrogen-bond donors (Lipinski definition) is 0. The molecular weight excluding hydrogens is 481 g/mol. The molecule has 3 aromatic carbocycles. The Morgan fingerprint density at radius 3 is 2.23 bits per heavy atom. The number of anilines is 1. The van der Waals surface area contributed by atoms with Crippen molar-refractivity contribution in [3.8, 4) is 5.75 Å². The van der Waals surface area contributed by atoms with Gasteiger partial charge in [0.25, 0.3) is 23.4 Å². The number of non-ortho nitro benzene ring substituents is 1. The Hall–Kier alpha value is -4.31. The maximum absolute atomic E-state index is 13.6. The number of fused-ring (bicyclic) bond motifs is 1. The minimum atomic E-state index is -1.24. The highest BCUT2D eigenvalue weighted by Crippen LogP contribution is 2.45. The highest BCUT2D eigenvalue weighted by atomic mass is 35.5. The summed E-state index contributed by atoms with van der Waals surface area (Å²) in [5.74, 6) is -2.22. The van der Waals surface area contributed by atoms with Crippen LogP contribution in [0.4, 0.5) is 15.8 Å². The van der Waals surface area contributed by atoms with Crippen LogP contribution < -0.4 is 9.64 Å². The van der Waals surface area contributed by atoms with Crippen LogP contribution in [0.5, 0.6) is 5.75 Å². The van der Waals surface area contributed by atoms with E-state index in [0.717, 1.165) is 17.0 Å². The molecule has 3 amide bonds. The van der Waals surface area contributed by atoms with Gasteiger partial charge < -0.3 is 9.64 Å². The van der Waals surface area contributed by atoms with Gasteiger partial charge in [-0.1, -0.05) is 23.7 Å². The smallest absolute Gasteiger partial charge is 0.270 e. The quantitative estimate of drug-likeness (QED) is 0.227. The standard InChI is InChI=1S/C24H15ClFN3O6/c1-35-19-9-7-14(11-18(19)25)27-20(12-2-4-13(26)5-3-12)21(24(27)32)28-22(30)16-8-6-15(29(33)34)10-17(16)23(28)31/h2-11,20-21H,1H3. The first-order valence-corrected chi connectivity index (χ1v) is 10.7. The minimum absolute atomic E-state index is 0.0304. The van der Waals surface area contributed by atoms with Crippen LogP contribution in [0, 0.1) is 15.9 Å². The number of ether oxygens (including phenoxy) is 1. The van der Waals surface area contributed by atoms with E-state index in [1.165, 1.54) is 48.4 Å². The Bertz CT molecular complexity index is 1430. The monoisotopic (exact) mass is 495 g/mol. The molecule has 2 unspecified atom stereocenters. The number of carbonyl (C=O) groups excluding carboxylic acids is 3. The first-order valence-electron chi connectivity index (χ1n) is 10.3. The van der Waals surface area contributed by atoms with Crippen LogP contribution in [-0.2, 0) is 4.79 Å². The number of nitro groups is 1. The van der Waals surface area contributed by atoms with Gasteiger partial charge >= 0.3 is 0 Å². The van der Waals surface area contributed by atoms with Crippen molar-refractivity contribution in [2.24, 2.45) is 0 Å². The zero-order valence-corrected chi connectivity index (χ0v) is 18.7. The van der Waals surface area contributed by atoms with E-state index in [2.05, 4.69) is 0 Å². The highest BCUT2D eigenvalue weighted by molar-refractivity contribution is 6.32. The van der Waals surface area contributed by atoms with Crippen LogP contribution in [0.3, 0.4) is 0 Å². The molecule has 11 heteroatoms. The van der Waals surface area contributed by atoms with Crippen molar-refractivity contribution < 1.29 is 28.4 Å². The number of amides is 3. The molecule has 2 heterocycles. The molecule has 0 spiro atoms. The number of β-lactam (4-membered cyclic amide) rings is 1. The molecule has 5 rings (SSSR count). The molecule has 0 N–H and O–H groups in total. The molecular formula is C24H15ClFN3O6. The van der Waals surface area contributed by atoms with E-state index in [1.54, 1.807) is 12.1 Å². The molecule has 35 heavy (non-hydrogen) atoms. The van der Waals surface area contributed by atoms with E-state index in [1.807, 2.05) is 0 Å². The van der Waals surface area contributed by atoms with Crippen LogP contribution in [0.2, 0.25) is 5.02 Å². The lowest BCUT2D eigenvalue weighted by atomic mass is 9.86. The number of rotatable bonds is 5. The number of imide groups is 1. The van der Waals surface area contributed by atoms with Gasteiger partial charge in [0.05, 0.1) is 34.2 Å². The third-order valence-electron chi connectivity index (χ3n) is 6.08. The molecule has 9 nitrogen and oxygen atoms in total. The molecule has 2 aliphatic heterocycles. The summed E-state index contributed by atoms with van der Waals surface area (Å²) in [6.45, 7) is 0. The Morgan fingerprint density at radius 1 is 0.914 bits per heavy atom. The normalized spacial score (nSPS) is 19.0. The molecule has 0 saturated carbocycles. The molecule has 0 aromatic heterocycles. The average molecular weight is 496 g/mol. The Morgan fingerprint density at radius 2 is 1.60 bits per heavy atom. The largest absolute Gasteiger partial charge is 0.495 e. The Kier molecular flexibility index (Phi) is 5.25. The van der Waals surface area contributed by atoms with Gasteiger partial charge in [0.15, 0.2) is 0 Å². The number of nitro benzene ring substituents is 1. The third kappa shape index (κ3) is 3.41. The minimum Gasteiger partial charge on any atom is -0.495 e. The number of benzene rings is 3. The maximum Gasteiger partial charge on any atom is 0.270 e. The Balaban J connectivity index is 1.58. The van der Waals surface area contributed by atoms with Crippen molar-refractivity contribution in [2.75, 3.05) is 12.0 Å². The third-order valence-corrected chi connectivity index (χ3v) is 6.38. The second-order valence-electron chi connectivity index (χ2n) is 7.94. The molecule has 1 fully saturated rings. The maximum atomic E-state index is 13.6. The fourth-order valence-electron chi connectivity index (χ4n) is 4.42. The molecule has 3 aromatic rings. The second-order valence-corrected chi connectivity index (χ2v) is 8.34. The van der Waals surface area contributed by atoms with Gasteiger partial charge in [0.1, 0.15) is 17.6 Å². The molecule has 1 saturated heterocycles. The lowest BCUT2D eigenvalue weighted by Gasteiger charge is -2.49. The second kappa shape index (κ2) is 8.17. The summed E-state index contributed by atoms with van der Waals surface area (Å²) < 4.78 is 18.8. The van der Waals surface area contributed by atoms with Gasteiger partial charge in [-0.25, -0.2) is 4.39 Å². The number of hydrogen-bond acceptors (Lipinski definition) is 6. The predicted octanol–water partition coefficient (Wildman–Crippen LogP) is 4.15. The van der Waals surface area contributed by atoms with Crippen molar-refractivity contribution in [2.45, 2.75) is 12.1 Å². The number of carbonyl (C=O) groups is 3. The van der Waals surface area contributed by atoms with E-state index in [-0.39, 0.29) is 21.8 Å². The number of nitrogens with zero attached hydrogens (tertiary/aromatic N) is 3. The van der Waals surface area contributed by atoms with E-state index >= 15 is 0 Å². The summed E-state index contributed by atoms with van der Waals surface area (Å²) in [7, 11) is 1.44. The topological polar surface area (TPSA) is 110 Å². The average Bonchev–Trinajstić information content (AvgIpc) is 3.08. The van der Waals surface area contributed by atoms with Crippen LogP contribution in [0.25, 0.3) is 0 Å². The summed E-state index contributed by atoms with van der Waals surface area (Å²) in [6, 6.07) is 11.3. The lowest BCUT2D eigenvalue weighted by molar-refractivity contribution is -0.384. The van der Waals surface area contributed by atoms with E-state index in [4.69, 9.17) is 16.3 Å². The molecule has 0 aliphatic carbocycles. The zero-order valence-electron chi connectivity index (χ0n) is 18.0. The number of methoxy groups -OCH3 is 1. The van der Waals surface area contributed by atoms with Crippen molar-refractivity contribution in [3.05, 3.63) is 98.3 Å². The van der Waals surface area contributed by atoms with Crippen LogP contribution >= 0.6 is 11.6 Å². The van der Waals surface area contributed by atoms with Crippen LogP contribution in [0.1, 0.15) is 32.3 Å². The van der Waals surface area contributed by atoms with Crippen LogP contribution in [0.15, 0.2) is 60.7 Å². The zero-order chi connectivity index (χ0) is 25.0. The van der Waals surface area contributed by atoms with Crippen molar-refractivity contribution in [1.82, 2.24) is 4.90 Å². The van der Waals surface area contributed by atoms with E-state index in [0.29, 0.717) is 17.0 Å². The van der Waals surface area contributed by atoms with Crippen molar-refractivity contribution in [1.29, 1.82) is 0 Å². The van der Waals surface area contributed by atoms with E-state index in [9.17, 15) is 28.9 Å². The fourth-order valence-corrected chi connectivity index (χ4v) is 4.68. The summed E-state index contributed by atoms with van der Waals surface area (Å²) in [5.41, 5.74) is 0.332. The molecule has 0 bridgehead atoms. The van der Waals surface area contributed by atoms with E-state index < -0.39 is 40.5 Å². The first-order chi connectivity index (χ1) is 16.7. The summed E-state index contributed by atoms with van der Waals surface area (Å²) in [4.78, 5) is 52.4. The van der Waals surface area contributed by atoms with Gasteiger partial charge in [0, 0.05) is 17.8 Å².